The summed E-state index contributed by atoms with van der Waals surface area (Å²) >= 11 is 0. The number of ether oxygens (including phenoxy) is 6. The van der Waals surface area contributed by atoms with E-state index in [1.165, 1.54) is 89.9 Å². The minimum atomic E-state index is -1.99. The molecule has 0 aromatic carbocycles. The van der Waals surface area contributed by atoms with Gasteiger partial charge >= 0.3 is 0 Å². The fourth-order valence-electron chi connectivity index (χ4n) is 11.7. The van der Waals surface area contributed by atoms with Gasteiger partial charge in [-0.15, -0.1) is 0 Å². The predicted octanol–water partition coefficient (Wildman–Crippen LogP) is 10.6. The van der Waals surface area contributed by atoms with Crippen LogP contribution in [-0.4, -0.2) is 193 Å². The Bertz CT molecular complexity index is 2140. The molecule has 19 heteroatoms. The first-order valence-electron chi connectivity index (χ1n) is 36.6. The molecule has 12 N–H and O–H groups in total. The zero-order valence-electron chi connectivity index (χ0n) is 57.9. The highest BCUT2D eigenvalue weighted by Gasteiger charge is 2.53. The fourth-order valence-corrected chi connectivity index (χ4v) is 11.7. The summed E-state index contributed by atoms with van der Waals surface area (Å²) in [4.78, 5) is 13.4. The lowest BCUT2D eigenvalue weighted by molar-refractivity contribution is -0.379. The summed E-state index contributed by atoms with van der Waals surface area (Å²) in [7, 11) is 0. The molecule has 19 nitrogen and oxygen atoms in total. The van der Waals surface area contributed by atoms with E-state index in [-0.39, 0.29) is 18.9 Å². The van der Waals surface area contributed by atoms with Crippen LogP contribution in [0.15, 0.2) is 109 Å². The van der Waals surface area contributed by atoms with Crippen molar-refractivity contribution in [1.82, 2.24) is 5.32 Å². The highest BCUT2D eigenvalue weighted by Crippen LogP contribution is 2.33. The fraction of sp³-hybridized carbons (Fsp3) is 0.750. The molecular weight excluding hydrogens is 1210 g/mol. The number of aliphatic hydroxyl groups is 11. The summed E-state index contributed by atoms with van der Waals surface area (Å²) in [5.41, 5.74) is 0. The van der Waals surface area contributed by atoms with E-state index >= 15 is 0 Å². The Balaban J connectivity index is 1.42. The van der Waals surface area contributed by atoms with Crippen LogP contribution in [0.1, 0.15) is 232 Å². The van der Waals surface area contributed by atoms with Gasteiger partial charge in [0.05, 0.1) is 38.6 Å². The topological polar surface area (TPSA) is 307 Å². The van der Waals surface area contributed by atoms with Crippen LogP contribution in [0.5, 0.6) is 0 Å². The van der Waals surface area contributed by atoms with E-state index in [0.29, 0.717) is 6.42 Å². The highest BCUT2D eigenvalue weighted by atomic mass is 16.8. The number of hydrogen-bond donors (Lipinski definition) is 12. The highest BCUT2D eigenvalue weighted by molar-refractivity contribution is 5.76. The van der Waals surface area contributed by atoms with Gasteiger partial charge < -0.3 is 89.9 Å². The second kappa shape index (κ2) is 56.2. The Morgan fingerprint density at radius 1 is 0.389 bits per heavy atom. The average Bonchev–Trinajstić information content (AvgIpc) is 0.787. The first-order chi connectivity index (χ1) is 46.3. The van der Waals surface area contributed by atoms with Gasteiger partial charge in [0.15, 0.2) is 18.9 Å². The van der Waals surface area contributed by atoms with E-state index < -0.39 is 124 Å². The maximum atomic E-state index is 13.4. The Hall–Kier alpha value is -3.55. The molecule has 3 aliphatic rings. The van der Waals surface area contributed by atoms with Crippen molar-refractivity contribution >= 4 is 5.91 Å². The third kappa shape index (κ3) is 37.5. The van der Waals surface area contributed by atoms with Gasteiger partial charge in [0.2, 0.25) is 5.91 Å². The van der Waals surface area contributed by atoms with Crippen LogP contribution in [0, 0.1) is 0 Å². The maximum absolute atomic E-state index is 13.4. The Morgan fingerprint density at radius 2 is 0.726 bits per heavy atom. The molecule has 546 valence electrons. The summed E-state index contributed by atoms with van der Waals surface area (Å²) in [6.07, 6.45) is 49.1. The van der Waals surface area contributed by atoms with E-state index in [0.717, 1.165) is 116 Å². The number of carbonyl (C=O) groups excluding carboxylic acids is 1. The number of amides is 1. The van der Waals surface area contributed by atoms with Crippen LogP contribution >= 0.6 is 0 Å². The zero-order chi connectivity index (χ0) is 68.9. The molecule has 0 bridgehead atoms. The average molecular weight is 1340 g/mol. The van der Waals surface area contributed by atoms with Crippen molar-refractivity contribution in [2.24, 2.45) is 0 Å². The van der Waals surface area contributed by atoms with Crippen molar-refractivity contribution in [3.05, 3.63) is 109 Å². The number of aliphatic hydroxyl groups excluding tert-OH is 11. The molecular formula is C76H129NO18. The lowest BCUT2D eigenvalue weighted by Gasteiger charge is -2.48. The summed E-state index contributed by atoms with van der Waals surface area (Å²) in [5.74, 6) is -0.294. The van der Waals surface area contributed by atoms with Gasteiger partial charge in [0.1, 0.15) is 73.2 Å². The van der Waals surface area contributed by atoms with Crippen molar-refractivity contribution in [3.63, 3.8) is 0 Å². The van der Waals surface area contributed by atoms with E-state index in [4.69, 9.17) is 28.4 Å². The second-order valence-electron chi connectivity index (χ2n) is 25.7. The molecule has 0 aliphatic carbocycles. The third-order valence-electron chi connectivity index (χ3n) is 17.6. The van der Waals surface area contributed by atoms with E-state index in [1.54, 1.807) is 6.08 Å². The van der Waals surface area contributed by atoms with Crippen LogP contribution in [-0.2, 0) is 33.2 Å². The molecule has 3 heterocycles. The molecule has 95 heavy (non-hydrogen) atoms. The van der Waals surface area contributed by atoms with Crippen molar-refractivity contribution in [1.29, 1.82) is 0 Å². The molecule has 0 radical (unpaired) electrons. The number of nitrogens with one attached hydrogen (secondary N) is 1. The first kappa shape index (κ1) is 85.7. The van der Waals surface area contributed by atoms with Gasteiger partial charge in [-0.1, -0.05) is 252 Å². The molecule has 0 aromatic rings. The minimum Gasteiger partial charge on any atom is -0.394 e. The molecule has 3 rings (SSSR count). The van der Waals surface area contributed by atoms with Crippen LogP contribution in [0.25, 0.3) is 0 Å². The quantitative estimate of drug-likeness (QED) is 0.0199. The molecule has 3 aliphatic heterocycles. The Morgan fingerprint density at radius 3 is 1.14 bits per heavy atom. The van der Waals surface area contributed by atoms with Crippen molar-refractivity contribution in [2.45, 2.75) is 336 Å². The van der Waals surface area contributed by atoms with Crippen LogP contribution in [0.2, 0.25) is 0 Å². The zero-order valence-corrected chi connectivity index (χ0v) is 57.9. The molecule has 1 amide bonds. The lowest BCUT2D eigenvalue weighted by Crippen LogP contribution is -2.66. The molecule has 3 saturated heterocycles. The van der Waals surface area contributed by atoms with Crippen molar-refractivity contribution < 1.29 is 89.4 Å². The van der Waals surface area contributed by atoms with E-state index in [2.05, 4.69) is 116 Å². The standard InChI is InChI=1S/C76H129NO18/c1-3-5-7-9-11-13-15-17-19-21-23-24-25-26-27-28-29-30-31-32-33-34-36-38-40-42-44-46-48-50-52-54-64(82)77-59(60(81)53-51-49-47-45-43-41-39-37-35-22-20-18-16-14-12-10-8-6-4-2)58-90-74-70(88)67(85)72(62(56-79)92-74)95-76-71(89)68(86)73(63(57-80)93-76)94-75-69(87)66(84)65(83)61(55-78)91-75/h5,7,11,13,17,19,23-24,26-27,29-30,32-33,36,38,51,53,59-63,65-76,78-81,83-89H,3-4,6,8-10,12,14-16,18,20-22,25,28,31,34-35,37,39-50,52,54-58H2,1-2H3,(H,77,82)/b7-5-,13-11-,19-17-,24-23-,27-26-,30-29-,33-32-,38-36-,53-51+. The molecule has 3 fully saturated rings. The largest absolute Gasteiger partial charge is 0.394 e. The second-order valence-corrected chi connectivity index (χ2v) is 25.7. The number of unbranched alkanes of at least 4 members (excludes halogenated alkanes) is 23. The van der Waals surface area contributed by atoms with Crippen LogP contribution in [0.3, 0.4) is 0 Å². The summed E-state index contributed by atoms with van der Waals surface area (Å²) in [5, 5.41) is 121. The van der Waals surface area contributed by atoms with Gasteiger partial charge in [-0.2, -0.15) is 0 Å². The smallest absolute Gasteiger partial charge is 0.220 e. The number of rotatable bonds is 55. The Kier molecular flexibility index (Phi) is 50.7. The molecule has 17 atom stereocenters. The lowest BCUT2D eigenvalue weighted by atomic mass is 9.96. The van der Waals surface area contributed by atoms with Gasteiger partial charge in [0, 0.05) is 6.42 Å². The third-order valence-corrected chi connectivity index (χ3v) is 17.6. The molecule has 0 aromatic heterocycles. The summed E-state index contributed by atoms with van der Waals surface area (Å²) in [6, 6.07) is -0.990. The van der Waals surface area contributed by atoms with Crippen LogP contribution in [0.4, 0.5) is 0 Å². The maximum Gasteiger partial charge on any atom is 0.220 e. The summed E-state index contributed by atoms with van der Waals surface area (Å²) < 4.78 is 34.4. The summed E-state index contributed by atoms with van der Waals surface area (Å²) in [6.45, 7) is 1.61. The van der Waals surface area contributed by atoms with Crippen molar-refractivity contribution in [2.75, 3.05) is 26.4 Å². The number of carbonyl (C=O) groups is 1. The van der Waals surface area contributed by atoms with Gasteiger partial charge in [-0.25, -0.2) is 0 Å². The molecule has 0 saturated carbocycles. The van der Waals surface area contributed by atoms with Gasteiger partial charge in [-0.3, -0.25) is 4.79 Å². The normalized spacial score (nSPS) is 27.9. The first-order valence-corrected chi connectivity index (χ1v) is 36.6. The Labute approximate surface area is 570 Å². The van der Waals surface area contributed by atoms with E-state index in [1.807, 2.05) is 6.08 Å². The SMILES string of the molecule is CC/C=C\C/C=C\C/C=C\C/C=C\C/C=C\C/C=C\C/C=C\C/C=C\CCCCCCCCC(=O)NC(COC1OC(CO)C(OC2OC(CO)C(OC3OC(CO)C(O)C(O)C3O)C(O)C2O)C(O)C1O)C(O)/C=C/CCCCCCCCCCCCCCCCCCC. The number of allylic oxidation sites excluding steroid dienone is 17. The molecule has 17 unspecified atom stereocenters. The minimum absolute atomic E-state index is 0.219. The van der Waals surface area contributed by atoms with Crippen LogP contribution < -0.4 is 5.32 Å². The van der Waals surface area contributed by atoms with E-state index in [9.17, 15) is 61.0 Å². The molecule has 0 spiro atoms. The van der Waals surface area contributed by atoms with Gasteiger partial charge in [-0.05, 0) is 83.5 Å². The predicted molar refractivity (Wildman–Crippen MR) is 374 cm³/mol. The van der Waals surface area contributed by atoms with Crippen molar-refractivity contribution in [3.8, 4) is 0 Å². The van der Waals surface area contributed by atoms with Gasteiger partial charge in [0.25, 0.3) is 0 Å². The number of hydrogen-bond acceptors (Lipinski definition) is 18. The monoisotopic (exact) mass is 1340 g/mol.